The summed E-state index contributed by atoms with van der Waals surface area (Å²) in [5.74, 6) is 0. The average Bonchev–Trinajstić information content (AvgIpc) is 1.96. The van der Waals surface area contributed by atoms with E-state index < -0.39 is 0 Å². The molecule has 1 aromatic rings. The van der Waals surface area contributed by atoms with Gasteiger partial charge in [0.15, 0.2) is 0 Å². The zero-order valence-electron chi connectivity index (χ0n) is 5.80. The SMILES string of the molecule is [CH2-]C.[Ca+2].[c-]1ccccc1. The van der Waals surface area contributed by atoms with Crippen molar-refractivity contribution in [1.29, 1.82) is 0 Å². The first-order chi connectivity index (χ1) is 4.00. The fourth-order valence-corrected chi connectivity index (χ4v) is 0.342. The molecule has 0 saturated heterocycles. The average molecular weight is 146 g/mol. The van der Waals surface area contributed by atoms with Crippen LogP contribution in [0.2, 0.25) is 0 Å². The minimum absolute atomic E-state index is 0. The van der Waals surface area contributed by atoms with Gasteiger partial charge in [0.25, 0.3) is 0 Å². The molecule has 1 heteroatoms. The summed E-state index contributed by atoms with van der Waals surface area (Å²) in [6.07, 6.45) is 0. The van der Waals surface area contributed by atoms with Crippen LogP contribution in [0.3, 0.4) is 0 Å². The van der Waals surface area contributed by atoms with Gasteiger partial charge in [-0.2, -0.15) is 43.3 Å². The van der Waals surface area contributed by atoms with Crippen LogP contribution in [0.1, 0.15) is 6.92 Å². The quantitative estimate of drug-likeness (QED) is 0.387. The fraction of sp³-hybridized carbons (Fsp3) is 0.125. The molecular formula is C8H10Ca. The van der Waals surface area contributed by atoms with Crippen LogP contribution in [0.5, 0.6) is 0 Å². The summed E-state index contributed by atoms with van der Waals surface area (Å²) >= 11 is 0. The molecule has 1 rings (SSSR count). The Morgan fingerprint density at radius 3 is 1.56 bits per heavy atom. The molecule has 0 N–H and O–H groups in total. The summed E-state index contributed by atoms with van der Waals surface area (Å²) in [6.45, 7) is 5.00. The van der Waals surface area contributed by atoms with E-state index in [-0.39, 0.29) is 37.7 Å². The summed E-state index contributed by atoms with van der Waals surface area (Å²) in [4.78, 5) is 0. The van der Waals surface area contributed by atoms with Gasteiger partial charge in [0.1, 0.15) is 0 Å². The zero-order chi connectivity index (χ0) is 6.24. The molecule has 9 heavy (non-hydrogen) atoms. The van der Waals surface area contributed by atoms with E-state index in [9.17, 15) is 0 Å². The van der Waals surface area contributed by atoms with Crippen LogP contribution < -0.4 is 0 Å². The Bertz CT molecular complexity index is 76.5. The first-order valence-electron chi connectivity index (χ1n) is 2.62. The van der Waals surface area contributed by atoms with E-state index in [1.54, 1.807) is 6.92 Å². The van der Waals surface area contributed by atoms with E-state index in [0.717, 1.165) is 0 Å². The van der Waals surface area contributed by atoms with Crippen LogP contribution in [0.15, 0.2) is 30.3 Å². The molecular weight excluding hydrogens is 136 g/mol. The molecule has 44 valence electrons. The molecule has 0 unspecified atom stereocenters. The second-order valence-electron chi connectivity index (χ2n) is 1.08. The van der Waals surface area contributed by atoms with Crippen molar-refractivity contribution in [3.63, 3.8) is 0 Å². The Morgan fingerprint density at radius 1 is 1.00 bits per heavy atom. The number of hydrogen-bond acceptors (Lipinski definition) is 0. The van der Waals surface area contributed by atoms with Crippen LogP contribution >= 0.6 is 0 Å². The molecule has 0 heterocycles. The van der Waals surface area contributed by atoms with Gasteiger partial charge >= 0.3 is 37.7 Å². The smallest absolute Gasteiger partial charge is 0.346 e. The van der Waals surface area contributed by atoms with Gasteiger partial charge in [-0.05, 0) is 0 Å². The topological polar surface area (TPSA) is 0 Å². The Hall–Kier alpha value is 0.480. The Balaban J connectivity index is 0. The molecule has 0 aliphatic carbocycles. The third kappa shape index (κ3) is 8.48. The van der Waals surface area contributed by atoms with E-state index in [1.165, 1.54) is 0 Å². The standard InChI is InChI=1S/C6H5.C2H5.Ca/c1-2-4-6-5-3-1;1-2;/h1-5H;1H2,2H3;/q2*-1;+2. The second kappa shape index (κ2) is 11.3. The summed E-state index contributed by atoms with van der Waals surface area (Å²) in [5, 5.41) is 0. The molecule has 0 aliphatic rings. The zero-order valence-corrected chi connectivity index (χ0v) is 8.01. The van der Waals surface area contributed by atoms with E-state index in [0.29, 0.717) is 0 Å². The maximum absolute atomic E-state index is 3.25. The van der Waals surface area contributed by atoms with Crippen LogP contribution in [-0.2, 0) is 0 Å². The molecule has 0 bridgehead atoms. The van der Waals surface area contributed by atoms with Crippen molar-refractivity contribution in [2.24, 2.45) is 0 Å². The molecule has 0 nitrogen and oxygen atoms in total. The van der Waals surface area contributed by atoms with Crippen molar-refractivity contribution >= 4 is 37.7 Å². The maximum Gasteiger partial charge on any atom is 2.00 e. The van der Waals surface area contributed by atoms with Crippen molar-refractivity contribution in [2.45, 2.75) is 6.92 Å². The predicted octanol–water partition coefficient (Wildman–Crippen LogP) is 1.95. The van der Waals surface area contributed by atoms with Gasteiger partial charge in [-0.1, -0.05) is 0 Å². The Morgan fingerprint density at radius 2 is 1.44 bits per heavy atom. The second-order valence-corrected chi connectivity index (χ2v) is 1.08. The number of hydrogen-bond donors (Lipinski definition) is 0. The molecule has 0 aliphatic heterocycles. The first kappa shape index (κ1) is 12.2. The van der Waals surface area contributed by atoms with Crippen LogP contribution in [-0.4, -0.2) is 37.7 Å². The van der Waals surface area contributed by atoms with E-state index in [1.807, 2.05) is 30.3 Å². The first-order valence-corrected chi connectivity index (χ1v) is 2.62. The van der Waals surface area contributed by atoms with Crippen LogP contribution in [0, 0.1) is 13.0 Å². The van der Waals surface area contributed by atoms with Crippen LogP contribution in [0.4, 0.5) is 0 Å². The molecule has 0 fully saturated rings. The van der Waals surface area contributed by atoms with Crippen molar-refractivity contribution in [3.8, 4) is 0 Å². The van der Waals surface area contributed by atoms with Crippen molar-refractivity contribution in [2.75, 3.05) is 0 Å². The minimum Gasteiger partial charge on any atom is -0.346 e. The van der Waals surface area contributed by atoms with E-state index in [2.05, 4.69) is 13.0 Å². The van der Waals surface area contributed by atoms with Crippen LogP contribution in [0.25, 0.3) is 0 Å². The monoisotopic (exact) mass is 146 g/mol. The number of rotatable bonds is 0. The Kier molecular flexibility index (Phi) is 15.3. The van der Waals surface area contributed by atoms with Crippen molar-refractivity contribution < 1.29 is 0 Å². The van der Waals surface area contributed by atoms with E-state index >= 15 is 0 Å². The summed E-state index contributed by atoms with van der Waals surface area (Å²) in [7, 11) is 0. The minimum atomic E-state index is 0. The predicted molar refractivity (Wildman–Crippen MR) is 42.1 cm³/mol. The molecule has 0 amide bonds. The molecule has 0 radical (unpaired) electrons. The van der Waals surface area contributed by atoms with Gasteiger partial charge < -0.3 is 6.92 Å². The van der Waals surface area contributed by atoms with Gasteiger partial charge in [-0.25, -0.2) is 0 Å². The molecule has 0 spiro atoms. The summed E-state index contributed by atoms with van der Waals surface area (Å²) in [5.41, 5.74) is 0. The van der Waals surface area contributed by atoms with Crippen molar-refractivity contribution in [1.82, 2.24) is 0 Å². The third-order valence-corrected chi connectivity index (χ3v) is 0.607. The van der Waals surface area contributed by atoms with Gasteiger partial charge in [-0.3, -0.25) is 0 Å². The van der Waals surface area contributed by atoms with Gasteiger partial charge in [-0.15, -0.1) is 0 Å². The fourth-order valence-electron chi connectivity index (χ4n) is 0.342. The third-order valence-electron chi connectivity index (χ3n) is 0.607. The largest absolute Gasteiger partial charge is 2.00 e. The summed E-state index contributed by atoms with van der Waals surface area (Å²) < 4.78 is 0. The van der Waals surface area contributed by atoms with Gasteiger partial charge in [0, 0.05) is 0 Å². The van der Waals surface area contributed by atoms with E-state index in [4.69, 9.17) is 0 Å². The van der Waals surface area contributed by atoms with Crippen molar-refractivity contribution in [3.05, 3.63) is 43.3 Å². The molecule has 1 aromatic carbocycles. The Labute approximate surface area is 87.3 Å². The molecule has 0 saturated carbocycles. The normalized spacial score (nSPS) is 6.00. The number of benzene rings is 1. The van der Waals surface area contributed by atoms with Gasteiger partial charge in [0.2, 0.25) is 0 Å². The molecule has 0 aromatic heterocycles. The van der Waals surface area contributed by atoms with Gasteiger partial charge in [0.05, 0.1) is 0 Å². The maximum atomic E-state index is 3.25. The molecule has 0 atom stereocenters. The summed E-state index contributed by atoms with van der Waals surface area (Å²) in [6, 6.07) is 12.5.